The highest BCUT2D eigenvalue weighted by molar-refractivity contribution is 6.11. The average molecular weight is 854 g/mol. The molecule has 7 nitrogen and oxygen atoms in total. The number of hydrogen-bond donors (Lipinski definition) is 0. The van der Waals surface area contributed by atoms with Crippen molar-refractivity contribution in [2.75, 3.05) is 37.6 Å². The van der Waals surface area contributed by atoms with Crippen molar-refractivity contribution in [1.82, 2.24) is 19.6 Å². The van der Waals surface area contributed by atoms with E-state index in [1.54, 1.807) is 9.80 Å². The highest BCUT2D eigenvalue weighted by Gasteiger charge is 2.42. The Hall–Kier alpha value is -5.00. The van der Waals surface area contributed by atoms with Gasteiger partial charge in [-0.1, -0.05) is 43.0 Å². The Morgan fingerprint density at radius 1 is 0.919 bits per heavy atom. The van der Waals surface area contributed by atoms with Crippen molar-refractivity contribution in [1.29, 1.82) is 0 Å². The first kappa shape index (κ1) is 43.6. The Labute approximate surface area is 367 Å². The molecule has 0 radical (unpaired) electrons. The van der Waals surface area contributed by atoms with Gasteiger partial charge in [-0.05, 0) is 124 Å². The van der Waals surface area contributed by atoms with Gasteiger partial charge in [0.25, 0.3) is 12.3 Å². The molecule has 5 aliphatic rings. The maximum atomic E-state index is 16.3. The molecular formula is C51H63F4N5O2. The third kappa shape index (κ3) is 8.07. The van der Waals surface area contributed by atoms with Gasteiger partial charge in [-0.3, -0.25) is 24.3 Å². The van der Waals surface area contributed by atoms with E-state index in [1.165, 1.54) is 24.6 Å². The van der Waals surface area contributed by atoms with Crippen LogP contribution in [0, 0.1) is 24.5 Å². The van der Waals surface area contributed by atoms with Crippen LogP contribution in [0.5, 0.6) is 0 Å². The van der Waals surface area contributed by atoms with Crippen molar-refractivity contribution in [3.05, 3.63) is 136 Å². The molecule has 3 aromatic carbocycles. The number of alkyl halides is 2. The minimum Gasteiger partial charge on any atom is -0.375 e. The zero-order valence-corrected chi connectivity index (χ0v) is 36.8. The lowest BCUT2D eigenvalue weighted by Crippen LogP contribution is -2.52. The van der Waals surface area contributed by atoms with Crippen molar-refractivity contribution in [2.45, 2.75) is 110 Å². The predicted octanol–water partition coefficient (Wildman–Crippen LogP) is 10.8. The van der Waals surface area contributed by atoms with E-state index in [-0.39, 0.29) is 32.1 Å². The molecule has 8 rings (SSSR count). The molecule has 3 aromatic rings. The fourth-order valence-electron chi connectivity index (χ4n) is 10.8. The summed E-state index contributed by atoms with van der Waals surface area (Å²) in [6.07, 6.45) is 0.970. The monoisotopic (exact) mass is 853 g/mol. The lowest BCUT2D eigenvalue weighted by atomic mass is 9.81. The van der Waals surface area contributed by atoms with Gasteiger partial charge in [0.1, 0.15) is 11.6 Å². The van der Waals surface area contributed by atoms with Crippen LogP contribution in [0.3, 0.4) is 0 Å². The summed E-state index contributed by atoms with van der Waals surface area (Å²) in [4.78, 5) is 36.3. The van der Waals surface area contributed by atoms with Crippen molar-refractivity contribution in [2.24, 2.45) is 5.92 Å². The molecule has 1 amide bonds. The van der Waals surface area contributed by atoms with Crippen LogP contribution in [0.25, 0.3) is 11.3 Å². The van der Waals surface area contributed by atoms with Crippen LogP contribution < -0.4 is 4.90 Å². The first-order chi connectivity index (χ1) is 29.5. The van der Waals surface area contributed by atoms with Crippen molar-refractivity contribution >= 4 is 28.6 Å². The molecule has 62 heavy (non-hydrogen) atoms. The van der Waals surface area contributed by atoms with Crippen LogP contribution in [0.15, 0.2) is 85.1 Å². The maximum Gasteiger partial charge on any atom is 0.259 e. The summed E-state index contributed by atoms with van der Waals surface area (Å²) in [6, 6.07) is 13.2. The number of anilines is 1. The van der Waals surface area contributed by atoms with E-state index in [9.17, 15) is 18.4 Å². The zero-order valence-electron chi connectivity index (χ0n) is 36.8. The number of Topliss-reactive ketones (excluding diaryl/α,β-unsaturated/α-hetero) is 1. The number of benzene rings is 3. The number of carbonyl (C=O) groups is 2. The molecule has 0 spiro atoms. The molecule has 5 heterocycles. The second-order valence-corrected chi connectivity index (χ2v) is 18.5. The van der Waals surface area contributed by atoms with E-state index < -0.39 is 36.7 Å². The van der Waals surface area contributed by atoms with Crippen molar-refractivity contribution in [3.63, 3.8) is 0 Å². The molecule has 2 unspecified atom stereocenters. The van der Waals surface area contributed by atoms with Crippen LogP contribution in [-0.4, -0.2) is 88.6 Å². The fourth-order valence-corrected chi connectivity index (χ4v) is 10.8. The summed E-state index contributed by atoms with van der Waals surface area (Å²) in [7, 11) is 0. The number of ketones is 1. The van der Waals surface area contributed by atoms with Crippen LogP contribution in [-0.2, 0) is 17.9 Å². The number of aryl methyl sites for hydroxylation is 1. The third-order valence-corrected chi connectivity index (χ3v) is 14.3. The van der Waals surface area contributed by atoms with Gasteiger partial charge in [0.15, 0.2) is 5.78 Å². The summed E-state index contributed by atoms with van der Waals surface area (Å²) < 4.78 is 60.5. The summed E-state index contributed by atoms with van der Waals surface area (Å²) >= 11 is 0. The number of carbonyl (C=O) groups excluding carboxylic acids is 2. The average Bonchev–Trinajstić information content (AvgIpc) is 3.72. The summed E-state index contributed by atoms with van der Waals surface area (Å²) in [5.41, 5.74) is 10.3. The van der Waals surface area contributed by atoms with Gasteiger partial charge in [0, 0.05) is 93.9 Å². The lowest BCUT2D eigenvalue weighted by Gasteiger charge is -2.47. The number of likely N-dealkylation sites (tertiary alicyclic amines) is 1. The summed E-state index contributed by atoms with van der Waals surface area (Å²) in [5.74, 6) is -1.52. The minimum atomic E-state index is -2.65. The number of fused-ring (bicyclic) bond motifs is 2. The quantitative estimate of drug-likeness (QED) is 0.126. The van der Waals surface area contributed by atoms with Gasteiger partial charge in [-0.2, -0.15) is 0 Å². The molecule has 0 aromatic heterocycles. The molecule has 2 saturated heterocycles. The highest BCUT2D eigenvalue weighted by atomic mass is 19.3. The number of hydrogen-bond acceptors (Lipinski definition) is 6. The van der Waals surface area contributed by atoms with Gasteiger partial charge >= 0.3 is 0 Å². The van der Waals surface area contributed by atoms with Crippen LogP contribution in [0.1, 0.15) is 112 Å². The van der Waals surface area contributed by atoms with E-state index in [0.29, 0.717) is 60.9 Å². The Kier molecular flexibility index (Phi) is 12.2. The number of nitrogens with zero attached hydrogens (tertiary/aromatic N) is 5. The molecule has 332 valence electrons. The molecule has 3 atom stereocenters. The zero-order chi connectivity index (χ0) is 44.3. The van der Waals surface area contributed by atoms with Gasteiger partial charge in [-0.25, -0.2) is 17.6 Å². The van der Waals surface area contributed by atoms with Crippen molar-refractivity contribution < 1.29 is 30.0 Å². The summed E-state index contributed by atoms with van der Waals surface area (Å²) in [5, 5.41) is 0. The first-order valence-corrected chi connectivity index (χ1v) is 22.1. The second-order valence-electron chi connectivity index (χ2n) is 18.5. The molecule has 11 heteroatoms. The summed E-state index contributed by atoms with van der Waals surface area (Å²) in [6.45, 7) is 25.7. The molecule has 0 bridgehead atoms. The van der Waals surface area contributed by atoms with Gasteiger partial charge < -0.3 is 9.80 Å². The van der Waals surface area contributed by atoms with Gasteiger partial charge in [-0.15, -0.1) is 6.58 Å². The van der Waals surface area contributed by atoms with E-state index in [0.717, 1.165) is 78.1 Å². The molecule has 5 aliphatic heterocycles. The molecule has 2 fully saturated rings. The molecule has 0 N–H and O–H groups in total. The number of amides is 1. The van der Waals surface area contributed by atoms with E-state index in [1.807, 2.05) is 62.9 Å². The van der Waals surface area contributed by atoms with E-state index in [2.05, 4.69) is 35.6 Å². The SMILES string of the molecule is C=C(C)CCC(C(C)=O)N1C(=C)c2cc3c(cc2C1=O)CN(C1CCN(C(=C)C2CN(c4cc(F)c([C@@H]5C(C)=C(c6ccccc6C)CC(C)N5CC(F)F)c(F)c4)C2)CC1)C3.[HH].[HH]. The number of allylic oxidation sites excluding steroid dienone is 1. The normalized spacial score (nSPS) is 21.8. The smallest absolute Gasteiger partial charge is 0.259 e. The second kappa shape index (κ2) is 17.3. The highest BCUT2D eigenvalue weighted by Crippen LogP contribution is 2.46. The molecule has 0 saturated carbocycles. The fraction of sp³-hybridized carbons (Fsp3) is 0.451. The van der Waals surface area contributed by atoms with E-state index in [4.69, 9.17) is 0 Å². The van der Waals surface area contributed by atoms with Crippen LogP contribution >= 0.6 is 0 Å². The largest absolute Gasteiger partial charge is 0.375 e. The maximum absolute atomic E-state index is 16.3. The third-order valence-electron chi connectivity index (χ3n) is 14.3. The molecular weight excluding hydrogens is 791 g/mol. The predicted molar refractivity (Wildman–Crippen MR) is 243 cm³/mol. The minimum absolute atomic E-state index is 0. The Balaban J connectivity index is 0.00000340. The first-order valence-electron chi connectivity index (χ1n) is 22.1. The van der Waals surface area contributed by atoms with Gasteiger partial charge in [0.2, 0.25) is 0 Å². The lowest BCUT2D eigenvalue weighted by molar-refractivity contribution is -0.120. The van der Waals surface area contributed by atoms with Gasteiger partial charge in [0.05, 0.1) is 18.6 Å². The Morgan fingerprint density at radius 3 is 2.15 bits per heavy atom. The standard InChI is InChI=1S/C51H59F4N5O2.2H2/c1-29(2)13-14-47(35(8)61)60-34(7)43-20-36-24-57(25-37(36)21-44(43)51(60)62)39-15-17-56(18-16-39)33(6)38-26-58(27-38)40-22-45(52)49(46(53)23-40)50-32(5)42(41-12-10-9-11-30(41)3)19-31(4)59(50)28-48(54)55;;/h9-12,20-23,31,38-39,47-48,50H,1,6-7,13-19,24-28H2,2-5,8H3;2*1H/t31?,47?,50-;;/m0../s1. The van der Waals surface area contributed by atoms with E-state index >= 15 is 8.78 Å². The number of halogens is 4. The van der Waals surface area contributed by atoms with Crippen LogP contribution in [0.4, 0.5) is 23.2 Å². The Bertz CT molecular complexity index is 2300. The van der Waals surface area contributed by atoms with Crippen molar-refractivity contribution in [3.8, 4) is 0 Å². The van der Waals surface area contributed by atoms with Crippen LogP contribution in [0.2, 0.25) is 0 Å². The number of piperidine rings is 1. The Morgan fingerprint density at radius 2 is 1.55 bits per heavy atom. The molecule has 0 aliphatic carbocycles. The topological polar surface area (TPSA) is 50.3 Å². The number of rotatable bonds is 13.